The van der Waals surface area contributed by atoms with Crippen molar-refractivity contribution in [2.75, 3.05) is 0 Å². The quantitative estimate of drug-likeness (QED) is 0.777. The lowest BCUT2D eigenvalue weighted by atomic mass is 10.1. The first-order chi connectivity index (χ1) is 6.04. The summed E-state index contributed by atoms with van der Waals surface area (Å²) in [5.74, 6) is -2.76. The highest BCUT2D eigenvalue weighted by molar-refractivity contribution is 5.89. The van der Waals surface area contributed by atoms with Crippen LogP contribution < -0.4 is 0 Å². The smallest absolute Gasteiger partial charge is 0.336 e. The highest BCUT2D eigenvalue weighted by Gasteiger charge is 2.21. The van der Waals surface area contributed by atoms with Gasteiger partial charge in [0.25, 0.3) is 6.43 Å². The van der Waals surface area contributed by atoms with Crippen molar-refractivity contribution in [1.29, 1.82) is 0 Å². The number of carboxylic acids is 1. The first-order valence-corrected chi connectivity index (χ1v) is 3.34. The van der Waals surface area contributed by atoms with Gasteiger partial charge in [-0.25, -0.2) is 18.0 Å². The molecule has 0 unspecified atom stereocenters. The van der Waals surface area contributed by atoms with E-state index in [1.165, 1.54) is 0 Å². The van der Waals surface area contributed by atoms with Gasteiger partial charge >= 0.3 is 5.97 Å². The lowest BCUT2D eigenvalue weighted by molar-refractivity contribution is 0.0682. The fourth-order valence-corrected chi connectivity index (χ4v) is 0.945. The minimum atomic E-state index is -3.12. The Morgan fingerprint density at radius 3 is 2.38 bits per heavy atom. The van der Waals surface area contributed by atoms with E-state index < -0.39 is 29.3 Å². The topological polar surface area (TPSA) is 37.3 Å². The Morgan fingerprint density at radius 1 is 1.38 bits per heavy atom. The first-order valence-electron chi connectivity index (χ1n) is 3.34. The van der Waals surface area contributed by atoms with Crippen LogP contribution in [0.3, 0.4) is 0 Å². The number of hydrogen-bond acceptors (Lipinski definition) is 1. The minimum absolute atomic E-state index is 0.699. The molecule has 0 amide bonds. The van der Waals surface area contributed by atoms with E-state index in [2.05, 4.69) is 0 Å². The van der Waals surface area contributed by atoms with Crippen molar-refractivity contribution < 1.29 is 23.1 Å². The second-order valence-corrected chi connectivity index (χ2v) is 2.31. The van der Waals surface area contributed by atoms with E-state index in [9.17, 15) is 18.0 Å². The van der Waals surface area contributed by atoms with Crippen LogP contribution in [-0.2, 0) is 0 Å². The maximum atomic E-state index is 12.7. The van der Waals surface area contributed by atoms with Gasteiger partial charge in [-0.1, -0.05) is 6.07 Å². The fraction of sp³-hybridized carbons (Fsp3) is 0.125. The van der Waals surface area contributed by atoms with Crippen LogP contribution >= 0.6 is 0 Å². The Labute approximate surface area is 71.6 Å². The molecule has 0 saturated heterocycles. The van der Waals surface area contributed by atoms with Crippen molar-refractivity contribution in [2.45, 2.75) is 6.43 Å². The van der Waals surface area contributed by atoms with E-state index in [1.54, 1.807) is 0 Å². The van der Waals surface area contributed by atoms with Crippen molar-refractivity contribution in [3.63, 3.8) is 0 Å². The maximum Gasteiger partial charge on any atom is 0.336 e. The van der Waals surface area contributed by atoms with Crippen LogP contribution in [0.2, 0.25) is 0 Å². The molecular weight excluding hydrogens is 185 g/mol. The van der Waals surface area contributed by atoms with E-state index >= 15 is 0 Å². The molecule has 0 aliphatic rings. The summed E-state index contributed by atoms with van der Waals surface area (Å²) < 4.78 is 37.0. The van der Waals surface area contributed by atoms with Crippen molar-refractivity contribution in [1.82, 2.24) is 0 Å². The Bertz CT molecular complexity index is 336. The Kier molecular flexibility index (Phi) is 2.55. The molecule has 2 nitrogen and oxygen atoms in total. The largest absolute Gasteiger partial charge is 0.478 e. The lowest BCUT2D eigenvalue weighted by Gasteiger charge is -2.04. The zero-order chi connectivity index (χ0) is 10.0. The number of hydrogen-bond donors (Lipinski definition) is 1. The summed E-state index contributed by atoms with van der Waals surface area (Å²) >= 11 is 0. The molecule has 0 bridgehead atoms. The number of alkyl halides is 2. The standard InChI is InChI=1S/C8H5F3O2/c9-5-3-1-2-4(8(12)13)6(5)7(10)11/h1-3,7H,(H,12,13). The molecule has 5 heteroatoms. The summed E-state index contributed by atoms with van der Waals surface area (Å²) in [7, 11) is 0. The summed E-state index contributed by atoms with van der Waals surface area (Å²) in [6.45, 7) is 0. The van der Waals surface area contributed by atoms with Gasteiger partial charge in [-0.2, -0.15) is 0 Å². The highest BCUT2D eigenvalue weighted by Crippen LogP contribution is 2.25. The van der Waals surface area contributed by atoms with Crippen molar-refractivity contribution in [2.24, 2.45) is 0 Å². The highest BCUT2D eigenvalue weighted by atomic mass is 19.3. The van der Waals surface area contributed by atoms with Crippen molar-refractivity contribution in [3.8, 4) is 0 Å². The summed E-state index contributed by atoms with van der Waals surface area (Å²) in [6.07, 6.45) is -3.12. The Hall–Kier alpha value is -1.52. The molecule has 0 radical (unpaired) electrons. The normalized spacial score (nSPS) is 10.5. The molecular formula is C8H5F3O2. The molecule has 0 atom stereocenters. The zero-order valence-electron chi connectivity index (χ0n) is 6.30. The molecule has 1 rings (SSSR count). The molecule has 0 saturated carbocycles. The van der Waals surface area contributed by atoms with Crippen LogP contribution in [0, 0.1) is 5.82 Å². The second-order valence-electron chi connectivity index (χ2n) is 2.31. The van der Waals surface area contributed by atoms with Crippen LogP contribution in [0.4, 0.5) is 13.2 Å². The van der Waals surface area contributed by atoms with Crippen LogP contribution in [0.15, 0.2) is 18.2 Å². The molecule has 0 aromatic heterocycles. The van der Waals surface area contributed by atoms with Gasteiger partial charge in [-0.15, -0.1) is 0 Å². The lowest BCUT2D eigenvalue weighted by Crippen LogP contribution is -2.05. The summed E-state index contributed by atoms with van der Waals surface area (Å²) in [5.41, 5.74) is -1.76. The van der Waals surface area contributed by atoms with Gasteiger partial charge in [0.1, 0.15) is 5.82 Å². The third-order valence-electron chi connectivity index (χ3n) is 1.50. The molecule has 0 heterocycles. The van der Waals surface area contributed by atoms with E-state index in [0.29, 0.717) is 0 Å². The fourth-order valence-electron chi connectivity index (χ4n) is 0.945. The molecule has 0 aliphatic heterocycles. The van der Waals surface area contributed by atoms with Crippen molar-refractivity contribution >= 4 is 5.97 Å². The molecule has 1 N–H and O–H groups in total. The maximum absolute atomic E-state index is 12.7. The van der Waals surface area contributed by atoms with Gasteiger partial charge in [0, 0.05) is 0 Å². The van der Waals surface area contributed by atoms with E-state index in [0.717, 1.165) is 18.2 Å². The number of benzene rings is 1. The minimum Gasteiger partial charge on any atom is -0.478 e. The summed E-state index contributed by atoms with van der Waals surface area (Å²) in [5, 5.41) is 8.44. The van der Waals surface area contributed by atoms with Crippen LogP contribution in [0.25, 0.3) is 0 Å². The average Bonchev–Trinajstić information content (AvgIpc) is 2.02. The number of rotatable bonds is 2. The number of aromatic carboxylic acids is 1. The van der Waals surface area contributed by atoms with Gasteiger partial charge in [0.15, 0.2) is 0 Å². The Morgan fingerprint density at radius 2 is 2.00 bits per heavy atom. The molecule has 0 fully saturated rings. The predicted octanol–water partition coefficient (Wildman–Crippen LogP) is 2.46. The first kappa shape index (κ1) is 9.57. The Balaban J connectivity index is 3.34. The molecule has 1 aromatic carbocycles. The monoisotopic (exact) mass is 190 g/mol. The van der Waals surface area contributed by atoms with Gasteiger partial charge in [-0.05, 0) is 12.1 Å². The van der Waals surface area contributed by atoms with E-state index in [4.69, 9.17) is 5.11 Å². The third kappa shape index (κ3) is 1.80. The molecule has 0 spiro atoms. The second kappa shape index (κ2) is 3.47. The number of carbonyl (C=O) groups is 1. The van der Waals surface area contributed by atoms with Gasteiger partial charge < -0.3 is 5.11 Å². The van der Waals surface area contributed by atoms with Gasteiger partial charge in [0.2, 0.25) is 0 Å². The predicted molar refractivity (Wildman–Crippen MR) is 38.3 cm³/mol. The van der Waals surface area contributed by atoms with Crippen LogP contribution in [0.1, 0.15) is 22.3 Å². The number of halogens is 3. The van der Waals surface area contributed by atoms with E-state index in [1.807, 2.05) is 0 Å². The SMILES string of the molecule is O=C(O)c1cccc(F)c1C(F)F. The third-order valence-corrected chi connectivity index (χ3v) is 1.50. The van der Waals surface area contributed by atoms with Gasteiger partial charge in [-0.3, -0.25) is 0 Å². The summed E-state index contributed by atoms with van der Waals surface area (Å²) in [4.78, 5) is 10.4. The average molecular weight is 190 g/mol. The van der Waals surface area contributed by atoms with Crippen LogP contribution in [0.5, 0.6) is 0 Å². The molecule has 1 aromatic rings. The summed E-state index contributed by atoms with van der Waals surface area (Å²) in [6, 6.07) is 2.81. The van der Waals surface area contributed by atoms with Crippen LogP contribution in [-0.4, -0.2) is 11.1 Å². The van der Waals surface area contributed by atoms with Gasteiger partial charge in [0.05, 0.1) is 11.1 Å². The number of carboxylic acid groups (broad SMARTS) is 1. The molecule has 0 aliphatic carbocycles. The molecule has 13 heavy (non-hydrogen) atoms. The zero-order valence-corrected chi connectivity index (χ0v) is 6.30. The molecule has 70 valence electrons. The van der Waals surface area contributed by atoms with Crippen molar-refractivity contribution in [3.05, 3.63) is 35.1 Å². The van der Waals surface area contributed by atoms with E-state index in [-0.39, 0.29) is 0 Å².